The van der Waals surface area contributed by atoms with Crippen LogP contribution in [0.25, 0.3) is 17.0 Å². The van der Waals surface area contributed by atoms with Crippen molar-refractivity contribution in [2.24, 2.45) is 15.7 Å². The quantitative estimate of drug-likeness (QED) is 0.0916. The van der Waals surface area contributed by atoms with E-state index in [2.05, 4.69) is 35.7 Å². The summed E-state index contributed by atoms with van der Waals surface area (Å²) < 4.78 is 47.5. The molecule has 1 aliphatic rings. The minimum Gasteiger partial charge on any atom is -0.366 e. The number of dihydropyridines is 1. The van der Waals surface area contributed by atoms with Gasteiger partial charge < -0.3 is 25.7 Å². The standard InChI is InChI=1S/C21H15ClF2N6S.C2H6.2CH3FO.CH5N.CH2O/c1-11-4-14(15-5-19(22)27-9-16(15)24)12(6-25-11)7-28-20-21(31)30-18(10-29-20)17-3-2-13(23)8-26-17;1-2;2*2-1-3;2*1-2/h2-4,6-10,19H,5H2,1H3,(H,30,31);1-2H3;2*3H,1H2;2H2,1H3;1H2. The van der Waals surface area contributed by atoms with E-state index in [1.807, 2.05) is 27.6 Å². The van der Waals surface area contributed by atoms with Gasteiger partial charge in [0.1, 0.15) is 28.6 Å². The van der Waals surface area contributed by atoms with E-state index in [1.165, 1.54) is 31.6 Å². The number of aryl methyl sites for hydroxylation is 1. The van der Waals surface area contributed by atoms with E-state index in [1.54, 1.807) is 12.3 Å². The molecule has 0 aromatic carbocycles. The number of allylic oxidation sites excluding steroid dienone is 1. The Balaban J connectivity index is 0. The van der Waals surface area contributed by atoms with Crippen molar-refractivity contribution in [3.05, 3.63) is 69.9 Å². The molecule has 1 unspecified atom stereocenters. The van der Waals surface area contributed by atoms with Crippen molar-refractivity contribution in [3.63, 3.8) is 0 Å². The maximum atomic E-state index is 14.4. The Hall–Kier alpha value is -3.76. The number of aliphatic imine (C=N–C) groups is 2. The third-order valence-corrected chi connectivity index (χ3v) is 5.06. The molecule has 0 saturated carbocycles. The van der Waals surface area contributed by atoms with E-state index in [-0.39, 0.29) is 16.9 Å². The van der Waals surface area contributed by atoms with Crippen LogP contribution in [-0.4, -0.2) is 75.6 Å². The van der Waals surface area contributed by atoms with E-state index < -0.39 is 30.9 Å². The Bertz CT molecular complexity index is 1360. The third kappa shape index (κ3) is 14.8. The van der Waals surface area contributed by atoms with Gasteiger partial charge in [0.2, 0.25) is 0 Å². The molecule has 236 valence electrons. The number of pyridine rings is 2. The molecule has 3 aromatic heterocycles. The van der Waals surface area contributed by atoms with Crippen molar-refractivity contribution < 1.29 is 32.6 Å². The highest BCUT2D eigenvalue weighted by Gasteiger charge is 2.20. The zero-order valence-corrected chi connectivity index (χ0v) is 25.5. The monoisotopic (exact) mass is 647 g/mol. The molecule has 0 saturated heterocycles. The van der Waals surface area contributed by atoms with Crippen LogP contribution in [0.4, 0.5) is 23.4 Å². The first-order valence-corrected chi connectivity index (χ1v) is 13.1. The van der Waals surface area contributed by atoms with Gasteiger partial charge in [0.05, 0.1) is 30.0 Å². The topological polar surface area (TPSA) is 163 Å². The number of H-pyrrole nitrogens is 1. The normalized spacial score (nSPS) is 13.0. The number of alkyl halides is 3. The summed E-state index contributed by atoms with van der Waals surface area (Å²) in [5.74, 6) is -0.610. The van der Waals surface area contributed by atoms with Crippen molar-refractivity contribution >= 4 is 54.4 Å². The number of carbonyl (C=O) groups excluding carboxylic acids is 1. The Morgan fingerprint density at radius 3 is 2.26 bits per heavy atom. The lowest BCUT2D eigenvalue weighted by molar-refractivity contribution is -0.0980. The number of aromatic nitrogens is 4. The molecule has 0 radical (unpaired) electrons. The van der Waals surface area contributed by atoms with Gasteiger partial charge >= 0.3 is 0 Å². The molecule has 1 aliphatic heterocycles. The van der Waals surface area contributed by atoms with Crippen molar-refractivity contribution in [2.75, 3.05) is 20.8 Å². The van der Waals surface area contributed by atoms with Crippen LogP contribution in [0, 0.1) is 17.4 Å². The molecule has 16 heteroatoms. The van der Waals surface area contributed by atoms with Crippen LogP contribution in [-0.2, 0) is 4.79 Å². The van der Waals surface area contributed by atoms with Gasteiger partial charge in [0, 0.05) is 35.7 Å². The minimum absolute atomic E-state index is 0.256. The fraction of sp³-hybridized carbons (Fsp3) is 0.296. The predicted octanol–water partition coefficient (Wildman–Crippen LogP) is 5.74. The van der Waals surface area contributed by atoms with Gasteiger partial charge in [0.15, 0.2) is 19.5 Å². The average Bonchev–Trinajstić information content (AvgIpc) is 3.02. The van der Waals surface area contributed by atoms with Gasteiger partial charge in [-0.25, -0.2) is 27.5 Å². The lowest BCUT2D eigenvalue weighted by Gasteiger charge is -2.16. The molecular formula is C27H34ClF4N7O3S. The molecule has 5 N–H and O–H groups in total. The van der Waals surface area contributed by atoms with E-state index in [4.69, 9.17) is 38.8 Å². The van der Waals surface area contributed by atoms with E-state index in [0.717, 1.165) is 18.1 Å². The van der Waals surface area contributed by atoms with Crippen LogP contribution in [0.1, 0.15) is 37.1 Å². The summed E-state index contributed by atoms with van der Waals surface area (Å²) in [4.78, 5) is 31.8. The second-order valence-corrected chi connectivity index (χ2v) is 7.88. The van der Waals surface area contributed by atoms with Crippen molar-refractivity contribution in [1.29, 1.82) is 0 Å². The number of hydrogen-bond acceptors (Lipinski definition) is 10. The third-order valence-electron chi connectivity index (χ3n) is 4.50. The van der Waals surface area contributed by atoms with E-state index in [9.17, 15) is 17.6 Å². The Morgan fingerprint density at radius 1 is 1.12 bits per heavy atom. The summed E-state index contributed by atoms with van der Waals surface area (Å²) in [6, 6.07) is 4.59. The molecule has 0 amide bonds. The summed E-state index contributed by atoms with van der Waals surface area (Å²) in [6.45, 7) is 5.32. The molecule has 0 aliphatic carbocycles. The first-order chi connectivity index (χ1) is 20.7. The van der Waals surface area contributed by atoms with Crippen molar-refractivity contribution in [3.8, 4) is 11.4 Å². The molecule has 4 heterocycles. The summed E-state index contributed by atoms with van der Waals surface area (Å²) in [5.41, 5.74) is 7.39. The van der Waals surface area contributed by atoms with E-state index in [0.29, 0.717) is 28.1 Å². The number of rotatable bonds is 4. The average molecular weight is 648 g/mol. The van der Waals surface area contributed by atoms with Gasteiger partial charge in [-0.05, 0) is 37.7 Å². The van der Waals surface area contributed by atoms with Gasteiger partial charge in [0.25, 0.3) is 0 Å². The van der Waals surface area contributed by atoms with Gasteiger partial charge in [-0.3, -0.25) is 15.0 Å². The van der Waals surface area contributed by atoms with Crippen LogP contribution in [0.5, 0.6) is 0 Å². The number of hydrogen-bond donors (Lipinski definition) is 4. The Morgan fingerprint density at radius 2 is 1.72 bits per heavy atom. The van der Waals surface area contributed by atoms with Gasteiger partial charge in [-0.15, -0.1) is 0 Å². The van der Waals surface area contributed by atoms with Gasteiger partial charge in [-0.1, -0.05) is 37.7 Å². The SMILES string of the molecule is C=O.CC.CN.Cc1cc(C2=C(F)C=NC(Cl)C2)c(C=Nc2ncc(-c3ccc(F)cn3)[nH]c2=S)cn1.OCF.OCF. The second kappa shape index (κ2) is 24.8. The maximum absolute atomic E-state index is 14.4. The highest BCUT2D eigenvalue weighted by Crippen LogP contribution is 2.31. The fourth-order valence-electron chi connectivity index (χ4n) is 3.00. The van der Waals surface area contributed by atoms with Crippen LogP contribution in [0.3, 0.4) is 0 Å². The summed E-state index contributed by atoms with van der Waals surface area (Å²) in [6.07, 6.45) is 7.14. The first kappa shape index (κ1) is 41.4. The molecule has 1 atom stereocenters. The number of aromatic amines is 1. The molecule has 0 spiro atoms. The number of nitrogens with one attached hydrogen (secondary N) is 1. The summed E-state index contributed by atoms with van der Waals surface area (Å²) >= 11 is 11.4. The molecular weight excluding hydrogens is 614 g/mol. The number of nitrogens with zero attached hydrogens (tertiary/aromatic N) is 5. The fourth-order valence-corrected chi connectivity index (χ4v) is 3.42. The molecule has 10 nitrogen and oxygen atoms in total. The number of aliphatic hydroxyl groups excluding tert-OH is 2. The zero-order chi connectivity index (χ0) is 33.4. The first-order valence-electron chi connectivity index (χ1n) is 12.2. The summed E-state index contributed by atoms with van der Waals surface area (Å²) in [7, 11) is 1.50. The van der Waals surface area contributed by atoms with Crippen molar-refractivity contribution in [2.45, 2.75) is 32.7 Å². The molecule has 4 rings (SSSR count). The molecule has 0 fully saturated rings. The number of halogens is 5. The molecule has 3 aromatic rings. The minimum atomic E-state index is -1.25. The van der Waals surface area contributed by atoms with E-state index >= 15 is 0 Å². The zero-order valence-electron chi connectivity index (χ0n) is 23.9. The van der Waals surface area contributed by atoms with Crippen LogP contribution < -0.4 is 5.73 Å². The highest BCUT2D eigenvalue weighted by molar-refractivity contribution is 7.71. The smallest absolute Gasteiger partial charge is 0.187 e. The van der Waals surface area contributed by atoms with Crippen LogP contribution in [0.2, 0.25) is 0 Å². The lowest BCUT2D eigenvalue weighted by atomic mass is 9.96. The molecule has 43 heavy (non-hydrogen) atoms. The largest absolute Gasteiger partial charge is 0.366 e. The van der Waals surface area contributed by atoms with Crippen LogP contribution in [0.15, 0.2) is 52.6 Å². The number of carbonyl (C=O) groups is 1. The number of aliphatic hydroxyl groups is 2. The van der Waals surface area contributed by atoms with Crippen LogP contribution >= 0.6 is 23.8 Å². The van der Waals surface area contributed by atoms with Gasteiger partial charge in [-0.2, -0.15) is 0 Å². The predicted molar refractivity (Wildman–Crippen MR) is 165 cm³/mol. The second-order valence-electron chi connectivity index (χ2n) is 6.96. The number of nitrogens with two attached hydrogens (primary N) is 1. The summed E-state index contributed by atoms with van der Waals surface area (Å²) in [5, 5.41) is 13.8. The van der Waals surface area contributed by atoms with Crippen molar-refractivity contribution in [1.82, 2.24) is 19.9 Å². The highest BCUT2D eigenvalue weighted by atomic mass is 35.5. The molecule has 0 bridgehead atoms. The Kier molecular flexibility index (Phi) is 23.9. The Labute approximate surface area is 257 Å². The maximum Gasteiger partial charge on any atom is 0.187 e. The lowest BCUT2D eigenvalue weighted by Crippen LogP contribution is -2.07.